The first kappa shape index (κ1) is 15.4. The fourth-order valence-corrected chi connectivity index (χ4v) is 1.64. The van der Waals surface area contributed by atoms with Gasteiger partial charge in [-0.1, -0.05) is 11.6 Å². The highest BCUT2D eigenvalue weighted by Crippen LogP contribution is 2.20. The molecule has 1 amide bonds. The predicted molar refractivity (Wildman–Crippen MR) is 65.2 cm³/mol. The van der Waals surface area contributed by atoms with E-state index in [0.717, 1.165) is 11.0 Å². The summed E-state index contributed by atoms with van der Waals surface area (Å²) >= 11 is 5.39. The molecule has 0 aliphatic carbocycles. The highest BCUT2D eigenvalue weighted by Gasteiger charge is 2.20. The number of rotatable bonds is 5. The molecule has 1 N–H and O–H groups in total. The average Bonchev–Trinajstić information content (AvgIpc) is 2.34. The van der Waals surface area contributed by atoms with Gasteiger partial charge in [-0.05, 0) is 19.1 Å². The van der Waals surface area contributed by atoms with E-state index in [0.29, 0.717) is 6.07 Å². The second-order valence-electron chi connectivity index (χ2n) is 3.77. The molecule has 0 saturated heterocycles. The molecule has 1 aromatic carbocycles. The first-order valence-corrected chi connectivity index (χ1v) is 5.90. The number of hydrogen-bond acceptors (Lipinski definition) is 2. The van der Waals surface area contributed by atoms with Gasteiger partial charge in [-0.15, -0.1) is 0 Å². The number of amides is 1. The second kappa shape index (κ2) is 6.47. The Balaban J connectivity index is 2.97. The molecule has 0 unspecified atom stereocenters. The zero-order valence-electron chi connectivity index (χ0n) is 10.1. The highest BCUT2D eigenvalue weighted by atomic mass is 35.5. The van der Waals surface area contributed by atoms with Crippen LogP contribution in [0.15, 0.2) is 12.1 Å². The lowest BCUT2D eigenvalue weighted by Gasteiger charge is -2.20. The number of nitrogens with zero attached hydrogens (tertiary/aromatic N) is 1. The molecule has 0 atom stereocenters. The van der Waals surface area contributed by atoms with Crippen LogP contribution in [-0.2, 0) is 4.79 Å². The Morgan fingerprint density at radius 1 is 1.32 bits per heavy atom. The van der Waals surface area contributed by atoms with Gasteiger partial charge in [0, 0.05) is 13.1 Å². The minimum Gasteiger partial charge on any atom is -0.481 e. The number of carboxylic acids is 1. The molecule has 0 aliphatic rings. The Morgan fingerprint density at radius 2 is 1.95 bits per heavy atom. The van der Waals surface area contributed by atoms with Crippen LogP contribution >= 0.6 is 11.6 Å². The molecule has 0 saturated carbocycles. The topological polar surface area (TPSA) is 57.6 Å². The van der Waals surface area contributed by atoms with Crippen LogP contribution in [0.25, 0.3) is 0 Å². The highest BCUT2D eigenvalue weighted by molar-refractivity contribution is 6.30. The molecule has 1 rings (SSSR count). The van der Waals surface area contributed by atoms with E-state index in [1.165, 1.54) is 0 Å². The summed E-state index contributed by atoms with van der Waals surface area (Å²) < 4.78 is 26.8. The summed E-state index contributed by atoms with van der Waals surface area (Å²) in [6, 6.07) is 1.43. The van der Waals surface area contributed by atoms with Crippen molar-refractivity contribution in [3.05, 3.63) is 34.4 Å². The molecule has 7 heteroatoms. The number of hydrogen-bond donors (Lipinski definition) is 1. The summed E-state index contributed by atoms with van der Waals surface area (Å²) in [5.41, 5.74) is -0.464. The Hall–Kier alpha value is -1.69. The van der Waals surface area contributed by atoms with E-state index in [2.05, 4.69) is 0 Å². The maximum atomic E-state index is 13.6. The maximum Gasteiger partial charge on any atom is 0.305 e. The van der Waals surface area contributed by atoms with Crippen molar-refractivity contribution >= 4 is 23.5 Å². The van der Waals surface area contributed by atoms with Gasteiger partial charge in [0.15, 0.2) is 0 Å². The average molecular weight is 292 g/mol. The molecule has 1 aromatic rings. The van der Waals surface area contributed by atoms with Crippen LogP contribution in [0.4, 0.5) is 8.78 Å². The number of halogens is 3. The van der Waals surface area contributed by atoms with Gasteiger partial charge < -0.3 is 10.0 Å². The van der Waals surface area contributed by atoms with Crippen molar-refractivity contribution in [2.45, 2.75) is 13.3 Å². The van der Waals surface area contributed by atoms with Crippen LogP contribution in [0, 0.1) is 11.6 Å². The van der Waals surface area contributed by atoms with E-state index in [9.17, 15) is 18.4 Å². The van der Waals surface area contributed by atoms with Gasteiger partial charge >= 0.3 is 5.97 Å². The standard InChI is InChI=1S/C12H12ClF2NO3/c1-2-16(4-3-11(17)18)12(19)7-5-10(15)8(13)6-9(7)14/h5-6H,2-4H2,1H3,(H,17,18). The zero-order valence-corrected chi connectivity index (χ0v) is 10.9. The number of benzene rings is 1. The number of carbonyl (C=O) groups is 2. The lowest BCUT2D eigenvalue weighted by molar-refractivity contribution is -0.137. The molecule has 0 bridgehead atoms. The van der Waals surface area contributed by atoms with Crippen molar-refractivity contribution in [2.24, 2.45) is 0 Å². The third-order valence-corrected chi connectivity index (χ3v) is 2.79. The van der Waals surface area contributed by atoms with Gasteiger partial charge in [0.25, 0.3) is 5.91 Å². The minimum atomic E-state index is -1.07. The van der Waals surface area contributed by atoms with Crippen LogP contribution in [0.5, 0.6) is 0 Å². The predicted octanol–water partition coefficient (Wildman–Crippen LogP) is 2.56. The fourth-order valence-electron chi connectivity index (χ4n) is 1.49. The Kier molecular flexibility index (Phi) is 5.23. The Bertz CT molecular complexity index is 508. The van der Waals surface area contributed by atoms with Crippen molar-refractivity contribution in [3.8, 4) is 0 Å². The summed E-state index contributed by atoms with van der Waals surface area (Å²) in [5, 5.41) is 8.14. The SMILES string of the molecule is CCN(CCC(=O)O)C(=O)c1cc(F)c(Cl)cc1F. The molecular weight excluding hydrogens is 280 g/mol. The van der Waals surface area contributed by atoms with Crippen LogP contribution in [0.2, 0.25) is 5.02 Å². The monoisotopic (exact) mass is 291 g/mol. The van der Waals surface area contributed by atoms with Gasteiger partial charge in [-0.25, -0.2) is 8.78 Å². The van der Waals surface area contributed by atoms with E-state index in [1.807, 2.05) is 0 Å². The van der Waals surface area contributed by atoms with Gasteiger partial charge in [-0.2, -0.15) is 0 Å². The van der Waals surface area contributed by atoms with E-state index in [4.69, 9.17) is 16.7 Å². The van der Waals surface area contributed by atoms with Crippen LogP contribution in [0.3, 0.4) is 0 Å². The molecule has 0 spiro atoms. The van der Waals surface area contributed by atoms with Crippen molar-refractivity contribution in [1.29, 1.82) is 0 Å². The van der Waals surface area contributed by atoms with E-state index >= 15 is 0 Å². The lowest BCUT2D eigenvalue weighted by Crippen LogP contribution is -2.33. The second-order valence-corrected chi connectivity index (χ2v) is 4.18. The Labute approximate surface area is 113 Å². The maximum absolute atomic E-state index is 13.6. The first-order valence-electron chi connectivity index (χ1n) is 5.52. The van der Waals surface area contributed by atoms with Gasteiger partial charge in [-0.3, -0.25) is 9.59 Å². The molecule has 19 heavy (non-hydrogen) atoms. The van der Waals surface area contributed by atoms with Crippen molar-refractivity contribution in [1.82, 2.24) is 4.90 Å². The number of carbonyl (C=O) groups excluding carboxylic acids is 1. The quantitative estimate of drug-likeness (QED) is 0.848. The first-order chi connectivity index (χ1) is 8.86. The largest absolute Gasteiger partial charge is 0.481 e. The third kappa shape index (κ3) is 3.89. The summed E-state index contributed by atoms with van der Waals surface area (Å²) in [5.74, 6) is -3.68. The number of aliphatic carboxylic acids is 1. The molecular formula is C12H12ClF2NO3. The summed E-state index contributed by atoms with van der Waals surface area (Å²) in [7, 11) is 0. The lowest BCUT2D eigenvalue weighted by atomic mass is 10.1. The normalized spacial score (nSPS) is 10.3. The molecule has 0 heterocycles. The van der Waals surface area contributed by atoms with Crippen molar-refractivity contribution in [2.75, 3.05) is 13.1 Å². The fraction of sp³-hybridized carbons (Fsp3) is 0.333. The van der Waals surface area contributed by atoms with E-state index in [1.54, 1.807) is 6.92 Å². The Morgan fingerprint density at radius 3 is 2.47 bits per heavy atom. The summed E-state index contributed by atoms with van der Waals surface area (Å²) in [6.07, 6.45) is -0.267. The number of carboxylic acid groups (broad SMARTS) is 1. The summed E-state index contributed by atoms with van der Waals surface area (Å²) in [4.78, 5) is 23.5. The van der Waals surface area contributed by atoms with Gasteiger partial charge in [0.2, 0.25) is 0 Å². The van der Waals surface area contributed by atoms with Gasteiger partial charge in [0.1, 0.15) is 11.6 Å². The summed E-state index contributed by atoms with van der Waals surface area (Å²) in [6.45, 7) is 1.73. The van der Waals surface area contributed by atoms with Crippen molar-refractivity contribution < 1.29 is 23.5 Å². The minimum absolute atomic E-state index is 0.0750. The third-order valence-electron chi connectivity index (χ3n) is 2.50. The zero-order chi connectivity index (χ0) is 14.6. The molecule has 0 radical (unpaired) electrons. The van der Waals surface area contributed by atoms with E-state index in [-0.39, 0.29) is 19.5 Å². The molecule has 0 fully saturated rings. The molecule has 4 nitrogen and oxygen atoms in total. The van der Waals surface area contributed by atoms with Gasteiger partial charge in [0.05, 0.1) is 17.0 Å². The van der Waals surface area contributed by atoms with Crippen LogP contribution in [0.1, 0.15) is 23.7 Å². The van der Waals surface area contributed by atoms with Crippen LogP contribution < -0.4 is 0 Å². The molecule has 0 aromatic heterocycles. The smallest absolute Gasteiger partial charge is 0.305 e. The molecule has 104 valence electrons. The van der Waals surface area contributed by atoms with Crippen molar-refractivity contribution in [3.63, 3.8) is 0 Å². The van der Waals surface area contributed by atoms with E-state index < -0.39 is 34.1 Å². The van der Waals surface area contributed by atoms with Crippen LogP contribution in [-0.4, -0.2) is 35.0 Å². The molecule has 0 aliphatic heterocycles.